The Morgan fingerprint density at radius 3 is 2.52 bits per heavy atom. The third-order valence-electron chi connectivity index (χ3n) is 5.54. The third-order valence-corrected chi connectivity index (χ3v) is 8.28. The van der Waals surface area contributed by atoms with E-state index in [-0.39, 0.29) is 53.5 Å². The molecule has 12 heteroatoms. The predicted octanol–water partition coefficient (Wildman–Crippen LogP) is 1.47. The summed E-state index contributed by atoms with van der Waals surface area (Å²) in [6.07, 6.45) is 1.38. The molecule has 2 aromatic heterocycles. The van der Waals surface area contributed by atoms with E-state index >= 15 is 0 Å². The number of carbonyl (C=O) groups excluding carboxylic acids is 2. The molecule has 0 spiro atoms. The van der Waals surface area contributed by atoms with Crippen molar-refractivity contribution >= 4 is 43.4 Å². The molecular formula is C21H24N4O6S2. The Balaban J connectivity index is 1.43. The van der Waals surface area contributed by atoms with Gasteiger partial charge >= 0.3 is 4.87 Å². The summed E-state index contributed by atoms with van der Waals surface area (Å²) in [5, 5.41) is 2.72. The monoisotopic (exact) mass is 492 g/mol. The van der Waals surface area contributed by atoms with Crippen LogP contribution in [0.15, 0.2) is 50.7 Å². The maximum absolute atomic E-state index is 13.1. The molecule has 1 atom stereocenters. The zero-order valence-electron chi connectivity index (χ0n) is 18.1. The van der Waals surface area contributed by atoms with Gasteiger partial charge in [0.05, 0.1) is 21.4 Å². The van der Waals surface area contributed by atoms with Crippen LogP contribution in [0.1, 0.15) is 24.4 Å². The molecule has 0 unspecified atom stereocenters. The van der Waals surface area contributed by atoms with Gasteiger partial charge in [0.15, 0.2) is 5.76 Å². The first-order valence-corrected chi connectivity index (χ1v) is 12.7. The van der Waals surface area contributed by atoms with Gasteiger partial charge < -0.3 is 19.6 Å². The van der Waals surface area contributed by atoms with Gasteiger partial charge in [-0.05, 0) is 36.2 Å². The van der Waals surface area contributed by atoms with Crippen LogP contribution in [0.2, 0.25) is 0 Å². The lowest BCUT2D eigenvalue weighted by Crippen LogP contribution is -2.57. The molecule has 2 N–H and O–H groups in total. The Bertz CT molecular complexity index is 1320. The molecule has 33 heavy (non-hydrogen) atoms. The number of hydrogen-bond donors (Lipinski definition) is 2. The van der Waals surface area contributed by atoms with Crippen molar-refractivity contribution in [2.45, 2.75) is 24.8 Å². The molecule has 4 rings (SSSR count). The number of nitrogens with zero attached hydrogens (tertiary/aromatic N) is 2. The number of thiazole rings is 1. The molecule has 0 bridgehead atoms. The first-order chi connectivity index (χ1) is 15.7. The Morgan fingerprint density at radius 1 is 1.15 bits per heavy atom. The van der Waals surface area contributed by atoms with Crippen molar-refractivity contribution in [1.29, 1.82) is 0 Å². The van der Waals surface area contributed by atoms with E-state index < -0.39 is 22.0 Å². The van der Waals surface area contributed by atoms with E-state index in [2.05, 4.69) is 10.3 Å². The van der Waals surface area contributed by atoms with Gasteiger partial charge in [-0.2, -0.15) is 4.31 Å². The number of piperazine rings is 1. The maximum atomic E-state index is 13.1. The van der Waals surface area contributed by atoms with Crippen molar-refractivity contribution in [3.8, 4) is 0 Å². The molecule has 1 saturated heterocycles. The van der Waals surface area contributed by atoms with Crippen molar-refractivity contribution in [3.63, 3.8) is 0 Å². The number of benzene rings is 1. The van der Waals surface area contributed by atoms with Crippen LogP contribution in [0, 0.1) is 5.92 Å². The SMILES string of the molecule is CC(C)[C@H](NC(=O)c1ccco1)C(=O)N1CCN(S(=O)(=O)c2ccc3[nH]c(=O)sc3c2)CC1. The fourth-order valence-corrected chi connectivity index (χ4v) is 6.01. The summed E-state index contributed by atoms with van der Waals surface area (Å²) in [7, 11) is -3.77. The van der Waals surface area contributed by atoms with Crippen molar-refractivity contribution in [2.75, 3.05) is 26.2 Å². The van der Waals surface area contributed by atoms with Crippen LogP contribution in [0.5, 0.6) is 0 Å². The molecule has 3 heterocycles. The minimum Gasteiger partial charge on any atom is -0.459 e. The zero-order chi connectivity index (χ0) is 23.8. The van der Waals surface area contributed by atoms with E-state index in [1.165, 1.54) is 28.8 Å². The summed E-state index contributed by atoms with van der Waals surface area (Å²) in [6.45, 7) is 4.34. The molecule has 0 aliphatic carbocycles. The molecule has 1 fully saturated rings. The summed E-state index contributed by atoms with van der Waals surface area (Å²) in [5.74, 6) is -0.789. The lowest BCUT2D eigenvalue weighted by Gasteiger charge is -2.36. The quantitative estimate of drug-likeness (QED) is 0.535. The van der Waals surface area contributed by atoms with Crippen LogP contribution in [-0.4, -0.2) is 66.6 Å². The standard InChI is InChI=1S/C21H24N4O6S2/c1-13(2)18(23-19(26)16-4-3-11-31-16)20(27)24-7-9-25(10-8-24)33(29,30)14-5-6-15-17(12-14)32-21(28)22-15/h3-6,11-13,18H,7-10H2,1-2H3,(H,22,28)(H,23,26)/t18-/m0/s1. The second kappa shape index (κ2) is 9.12. The molecular weight excluding hydrogens is 468 g/mol. The second-order valence-electron chi connectivity index (χ2n) is 8.07. The van der Waals surface area contributed by atoms with Crippen LogP contribution in [0.25, 0.3) is 10.2 Å². The highest BCUT2D eigenvalue weighted by Gasteiger charge is 2.34. The van der Waals surface area contributed by atoms with Crippen molar-refractivity contribution < 1.29 is 22.4 Å². The molecule has 0 saturated carbocycles. The van der Waals surface area contributed by atoms with Crippen LogP contribution in [-0.2, 0) is 14.8 Å². The average Bonchev–Trinajstić information content (AvgIpc) is 3.45. The molecule has 176 valence electrons. The van der Waals surface area contributed by atoms with Gasteiger partial charge in [-0.15, -0.1) is 0 Å². The van der Waals surface area contributed by atoms with Gasteiger partial charge in [-0.3, -0.25) is 14.4 Å². The van der Waals surface area contributed by atoms with E-state index in [1.54, 1.807) is 17.0 Å². The Labute approximate surface area is 194 Å². The number of amides is 2. The zero-order valence-corrected chi connectivity index (χ0v) is 19.7. The van der Waals surface area contributed by atoms with Gasteiger partial charge in [0, 0.05) is 26.2 Å². The molecule has 2 amide bonds. The van der Waals surface area contributed by atoms with Gasteiger partial charge in [0.25, 0.3) is 5.91 Å². The van der Waals surface area contributed by atoms with Crippen LogP contribution >= 0.6 is 11.3 Å². The minimum absolute atomic E-state index is 0.107. The molecule has 0 radical (unpaired) electrons. The summed E-state index contributed by atoms with van der Waals surface area (Å²) >= 11 is 0.955. The number of nitrogens with one attached hydrogen (secondary N) is 2. The lowest BCUT2D eigenvalue weighted by molar-refractivity contribution is -0.135. The number of H-pyrrole nitrogens is 1. The van der Waals surface area contributed by atoms with Crippen LogP contribution in [0.3, 0.4) is 0 Å². The fourth-order valence-electron chi connectivity index (χ4n) is 3.71. The van der Waals surface area contributed by atoms with Crippen molar-refractivity contribution in [1.82, 2.24) is 19.5 Å². The highest BCUT2D eigenvalue weighted by Crippen LogP contribution is 2.23. The van der Waals surface area contributed by atoms with E-state index in [0.29, 0.717) is 10.2 Å². The van der Waals surface area contributed by atoms with Crippen molar-refractivity contribution in [3.05, 3.63) is 52.0 Å². The number of rotatable bonds is 6. The molecule has 3 aromatic rings. The summed E-state index contributed by atoms with van der Waals surface area (Å²) in [5.41, 5.74) is 0.593. The average molecular weight is 493 g/mol. The largest absolute Gasteiger partial charge is 0.459 e. The lowest BCUT2D eigenvalue weighted by atomic mass is 10.0. The number of hydrogen-bond acceptors (Lipinski definition) is 7. The normalized spacial score (nSPS) is 16.3. The molecule has 1 aliphatic rings. The van der Waals surface area contributed by atoms with E-state index in [0.717, 1.165) is 11.3 Å². The fraction of sp³-hybridized carbons (Fsp3) is 0.381. The highest BCUT2D eigenvalue weighted by molar-refractivity contribution is 7.89. The summed E-state index contributed by atoms with van der Waals surface area (Å²) in [4.78, 5) is 41.1. The summed E-state index contributed by atoms with van der Waals surface area (Å²) < 4.78 is 33.2. The third kappa shape index (κ3) is 4.72. The minimum atomic E-state index is -3.77. The van der Waals surface area contributed by atoms with Gasteiger partial charge in [0.1, 0.15) is 6.04 Å². The number of fused-ring (bicyclic) bond motifs is 1. The Morgan fingerprint density at radius 2 is 1.88 bits per heavy atom. The van der Waals surface area contributed by atoms with Crippen LogP contribution in [0.4, 0.5) is 0 Å². The number of aromatic amines is 1. The number of carbonyl (C=O) groups is 2. The Kier molecular flexibility index (Phi) is 6.41. The van der Waals surface area contributed by atoms with Crippen LogP contribution < -0.4 is 10.2 Å². The van der Waals surface area contributed by atoms with Gasteiger partial charge in [0.2, 0.25) is 15.9 Å². The second-order valence-corrected chi connectivity index (χ2v) is 11.0. The number of aromatic nitrogens is 1. The molecule has 1 aliphatic heterocycles. The smallest absolute Gasteiger partial charge is 0.305 e. The topological polar surface area (TPSA) is 133 Å². The first-order valence-electron chi connectivity index (χ1n) is 10.4. The first kappa shape index (κ1) is 23.2. The Hall–Kier alpha value is -2.96. The van der Waals surface area contributed by atoms with E-state index in [1.807, 2.05) is 13.8 Å². The summed E-state index contributed by atoms with van der Waals surface area (Å²) in [6, 6.07) is 6.89. The number of furan rings is 1. The molecule has 10 nitrogen and oxygen atoms in total. The molecule has 1 aromatic carbocycles. The number of sulfonamides is 1. The predicted molar refractivity (Wildman–Crippen MR) is 123 cm³/mol. The van der Waals surface area contributed by atoms with Crippen molar-refractivity contribution in [2.24, 2.45) is 5.92 Å². The van der Waals surface area contributed by atoms with E-state index in [4.69, 9.17) is 4.42 Å². The van der Waals surface area contributed by atoms with Gasteiger partial charge in [-0.25, -0.2) is 8.42 Å². The van der Waals surface area contributed by atoms with E-state index in [9.17, 15) is 22.8 Å². The highest BCUT2D eigenvalue weighted by atomic mass is 32.2. The maximum Gasteiger partial charge on any atom is 0.305 e. The van der Waals surface area contributed by atoms with Gasteiger partial charge in [-0.1, -0.05) is 25.2 Å².